The molecule has 0 fully saturated rings. The van der Waals surface area contributed by atoms with Crippen molar-refractivity contribution >= 4 is 45.2 Å². The molecule has 7 heteroatoms. The van der Waals surface area contributed by atoms with Crippen LogP contribution in [-0.2, 0) is 16.1 Å². The minimum Gasteiger partial charge on any atom is -0.480 e. The number of thioether (sulfide) groups is 1. The maximum atomic E-state index is 11.2. The number of fused-ring (bicyclic) bond motifs is 1. The van der Waals surface area contributed by atoms with Gasteiger partial charge < -0.3 is 15.2 Å². The Morgan fingerprint density at radius 3 is 2.90 bits per heavy atom. The Hall–Kier alpha value is -1.73. The zero-order valence-corrected chi connectivity index (χ0v) is 12.3. The molecule has 1 heterocycles. The van der Waals surface area contributed by atoms with Crippen molar-refractivity contribution in [3.8, 4) is 0 Å². The molecular formula is C13H13NO4S2. The van der Waals surface area contributed by atoms with Crippen molar-refractivity contribution in [3.05, 3.63) is 29.1 Å². The van der Waals surface area contributed by atoms with Crippen LogP contribution >= 0.6 is 23.1 Å². The number of hydrogen-bond donors (Lipinski definition) is 2. The van der Waals surface area contributed by atoms with Crippen molar-refractivity contribution < 1.29 is 19.4 Å². The highest BCUT2D eigenvalue weighted by Crippen LogP contribution is 2.29. The van der Waals surface area contributed by atoms with Crippen LogP contribution in [0.15, 0.2) is 29.2 Å². The molecule has 0 saturated heterocycles. The van der Waals surface area contributed by atoms with E-state index in [0.29, 0.717) is 0 Å². The van der Waals surface area contributed by atoms with Crippen LogP contribution in [0.1, 0.15) is 4.88 Å². The number of ether oxygens (including phenoxy) is 1. The molecule has 0 aliphatic heterocycles. The third kappa shape index (κ3) is 3.88. The Balaban J connectivity index is 1.96. The lowest BCUT2D eigenvalue weighted by Gasteiger charge is -2.02. The highest BCUT2D eigenvalue weighted by molar-refractivity contribution is 7.98. The van der Waals surface area contributed by atoms with Gasteiger partial charge in [0.1, 0.15) is 13.2 Å². The largest absolute Gasteiger partial charge is 0.480 e. The van der Waals surface area contributed by atoms with E-state index in [-0.39, 0.29) is 6.61 Å². The molecule has 1 amide bonds. The van der Waals surface area contributed by atoms with Crippen LogP contribution in [0.3, 0.4) is 0 Å². The monoisotopic (exact) mass is 311 g/mol. The van der Waals surface area contributed by atoms with E-state index in [4.69, 9.17) is 9.84 Å². The van der Waals surface area contributed by atoms with E-state index in [9.17, 15) is 9.59 Å². The van der Waals surface area contributed by atoms with Crippen LogP contribution in [-0.4, -0.2) is 30.0 Å². The number of rotatable bonds is 5. The van der Waals surface area contributed by atoms with Gasteiger partial charge >= 0.3 is 12.1 Å². The summed E-state index contributed by atoms with van der Waals surface area (Å²) in [5.74, 6) is -1.10. The second kappa shape index (κ2) is 6.62. The topological polar surface area (TPSA) is 75.6 Å². The lowest BCUT2D eigenvalue weighted by Crippen LogP contribution is -2.29. The molecule has 0 aliphatic carbocycles. The van der Waals surface area contributed by atoms with E-state index >= 15 is 0 Å². The molecule has 2 N–H and O–H groups in total. The van der Waals surface area contributed by atoms with Crippen LogP contribution < -0.4 is 5.32 Å². The van der Waals surface area contributed by atoms with Crippen molar-refractivity contribution in [2.75, 3.05) is 12.8 Å². The standard InChI is InChI=1S/C13H13NO4S2/c1-19-9-2-3-11-8(4-9)5-10(20-11)7-18-13(17)14-6-12(15)16/h2-5H,6-7H2,1H3,(H,14,17)(H,15,16). The molecule has 0 atom stereocenters. The number of carboxylic acid groups (broad SMARTS) is 1. The van der Waals surface area contributed by atoms with Gasteiger partial charge in [0, 0.05) is 14.5 Å². The molecular weight excluding hydrogens is 298 g/mol. The van der Waals surface area contributed by atoms with Gasteiger partial charge in [0.25, 0.3) is 0 Å². The highest BCUT2D eigenvalue weighted by Gasteiger charge is 2.07. The number of alkyl carbamates (subject to hydrolysis) is 1. The van der Waals surface area contributed by atoms with Gasteiger partial charge in [-0.2, -0.15) is 0 Å². The summed E-state index contributed by atoms with van der Waals surface area (Å²) in [5, 5.41) is 11.7. The zero-order chi connectivity index (χ0) is 14.5. The predicted molar refractivity (Wildman–Crippen MR) is 79.4 cm³/mol. The van der Waals surface area contributed by atoms with Gasteiger partial charge in [-0.15, -0.1) is 23.1 Å². The number of aliphatic carboxylic acids is 1. The first-order chi connectivity index (χ1) is 9.58. The Morgan fingerprint density at radius 1 is 1.40 bits per heavy atom. The number of hydrogen-bond acceptors (Lipinski definition) is 5. The summed E-state index contributed by atoms with van der Waals surface area (Å²) in [7, 11) is 0. The predicted octanol–water partition coefficient (Wildman–Crippen LogP) is 2.93. The first-order valence-corrected chi connectivity index (χ1v) is 7.81. The molecule has 0 unspecified atom stereocenters. The first kappa shape index (κ1) is 14.7. The van der Waals surface area contributed by atoms with Crippen LogP contribution in [0, 0.1) is 0 Å². The van der Waals surface area contributed by atoms with Crippen molar-refractivity contribution in [1.29, 1.82) is 0 Å². The molecule has 106 valence electrons. The minimum atomic E-state index is -1.10. The molecule has 5 nitrogen and oxygen atoms in total. The highest BCUT2D eigenvalue weighted by atomic mass is 32.2. The lowest BCUT2D eigenvalue weighted by atomic mass is 10.2. The van der Waals surface area contributed by atoms with Crippen LogP contribution in [0.4, 0.5) is 4.79 Å². The SMILES string of the molecule is CSc1ccc2sc(COC(=O)NCC(=O)O)cc2c1. The molecule has 1 aromatic carbocycles. The average molecular weight is 311 g/mol. The van der Waals surface area contributed by atoms with Gasteiger partial charge in [0.15, 0.2) is 0 Å². The number of thiophene rings is 1. The molecule has 2 aromatic rings. The van der Waals surface area contributed by atoms with E-state index in [0.717, 1.165) is 15.0 Å². The molecule has 0 saturated carbocycles. The molecule has 0 spiro atoms. The summed E-state index contributed by atoms with van der Waals surface area (Å²) in [6.45, 7) is -0.304. The van der Waals surface area contributed by atoms with E-state index in [1.54, 1.807) is 23.1 Å². The maximum Gasteiger partial charge on any atom is 0.407 e. The van der Waals surface area contributed by atoms with E-state index < -0.39 is 18.6 Å². The first-order valence-electron chi connectivity index (χ1n) is 5.77. The van der Waals surface area contributed by atoms with Gasteiger partial charge in [0.2, 0.25) is 0 Å². The number of nitrogens with one attached hydrogen (secondary N) is 1. The summed E-state index contributed by atoms with van der Waals surface area (Å²) in [6.07, 6.45) is 1.29. The molecule has 1 aromatic heterocycles. The van der Waals surface area contributed by atoms with Crippen LogP contribution in [0.5, 0.6) is 0 Å². The maximum absolute atomic E-state index is 11.2. The Kier molecular flexibility index (Phi) is 4.86. The zero-order valence-electron chi connectivity index (χ0n) is 10.7. The van der Waals surface area contributed by atoms with Gasteiger partial charge in [-0.05, 0) is 35.9 Å². The average Bonchev–Trinajstić information content (AvgIpc) is 2.84. The fourth-order valence-corrected chi connectivity index (χ4v) is 3.02. The smallest absolute Gasteiger partial charge is 0.407 e. The van der Waals surface area contributed by atoms with E-state index in [1.165, 1.54) is 4.90 Å². The van der Waals surface area contributed by atoms with E-state index in [2.05, 4.69) is 11.4 Å². The number of carbonyl (C=O) groups is 2. The van der Waals surface area contributed by atoms with Gasteiger partial charge in [0.05, 0.1) is 0 Å². The van der Waals surface area contributed by atoms with Gasteiger partial charge in [-0.25, -0.2) is 4.79 Å². The van der Waals surface area contributed by atoms with Crippen LogP contribution in [0.2, 0.25) is 0 Å². The Morgan fingerprint density at radius 2 is 2.20 bits per heavy atom. The minimum absolute atomic E-state index is 0.138. The van der Waals surface area contributed by atoms with Crippen molar-refractivity contribution in [1.82, 2.24) is 5.32 Å². The van der Waals surface area contributed by atoms with Gasteiger partial charge in [-0.1, -0.05) is 0 Å². The quantitative estimate of drug-likeness (QED) is 0.830. The van der Waals surface area contributed by atoms with Gasteiger partial charge in [-0.3, -0.25) is 4.79 Å². The Labute approximate surface area is 123 Å². The number of carbonyl (C=O) groups excluding carboxylic acids is 1. The Bertz CT molecular complexity index is 638. The molecule has 0 radical (unpaired) electrons. The van der Waals surface area contributed by atoms with E-state index in [1.807, 2.05) is 24.5 Å². The number of benzene rings is 1. The summed E-state index contributed by atoms with van der Waals surface area (Å²) in [4.78, 5) is 23.6. The summed E-state index contributed by atoms with van der Waals surface area (Å²) in [5.41, 5.74) is 0. The summed E-state index contributed by atoms with van der Waals surface area (Å²) in [6, 6.07) is 8.15. The number of carboxylic acids is 1. The molecule has 0 bridgehead atoms. The second-order valence-corrected chi connectivity index (χ2v) is 5.99. The molecule has 20 heavy (non-hydrogen) atoms. The second-order valence-electron chi connectivity index (χ2n) is 3.94. The third-order valence-corrected chi connectivity index (χ3v) is 4.32. The number of amides is 1. The molecule has 2 rings (SSSR count). The third-order valence-electron chi connectivity index (χ3n) is 2.50. The van der Waals surface area contributed by atoms with Crippen molar-refractivity contribution in [2.24, 2.45) is 0 Å². The van der Waals surface area contributed by atoms with Crippen molar-refractivity contribution in [2.45, 2.75) is 11.5 Å². The summed E-state index contributed by atoms with van der Waals surface area (Å²) < 4.78 is 6.09. The molecule has 0 aliphatic rings. The summed E-state index contributed by atoms with van der Waals surface area (Å²) >= 11 is 3.23. The van der Waals surface area contributed by atoms with Crippen LogP contribution in [0.25, 0.3) is 10.1 Å². The lowest BCUT2D eigenvalue weighted by molar-refractivity contribution is -0.135. The fraction of sp³-hybridized carbons (Fsp3) is 0.231. The fourth-order valence-electron chi connectivity index (χ4n) is 1.61. The normalized spacial score (nSPS) is 10.4. The van der Waals surface area contributed by atoms with Crippen molar-refractivity contribution in [3.63, 3.8) is 0 Å².